The highest BCUT2D eigenvalue weighted by atomic mass is 79.9. The second-order valence-electron chi connectivity index (χ2n) is 13.1. The molecule has 12 nitrogen and oxygen atoms in total. The van der Waals surface area contributed by atoms with E-state index in [4.69, 9.17) is 27.5 Å². The number of benzene rings is 4. The summed E-state index contributed by atoms with van der Waals surface area (Å²) in [6.45, 7) is 10.0. The topological polar surface area (TPSA) is 143 Å². The zero-order chi connectivity index (χ0) is 38.6. The molecular formula is C40H45Br2ClN10O2. The quantitative estimate of drug-likeness (QED) is 0.0957. The minimum absolute atomic E-state index is 0.230. The minimum atomic E-state index is 0.230. The molecule has 0 atom stereocenters. The maximum atomic E-state index is 9.05. The lowest BCUT2D eigenvalue weighted by Gasteiger charge is -2.35. The molecule has 0 radical (unpaired) electrons. The van der Waals surface area contributed by atoms with Crippen LogP contribution in [-0.2, 0) is 0 Å². The standard InChI is InChI=1S/C20H22BrN5O.C12H19N3O.C8H4BrClN2/c21-18-3-1-2-15-14-22-20(24-19(15)18)23-16-4-6-17(7-5-16)26-10-8-25(9-11-26)12-13-27;13-11-1-3-12(4-2-11)15-7-5-14(6-8-15)9-10-16;9-6-3-1-2-5-4-11-8(10)12-7(5)6/h1-7,14,27H,8-13H2,(H,22,23,24);1-4,16H,5-10,13H2;1-4H. The van der Waals surface area contributed by atoms with Crippen LogP contribution in [0.1, 0.15) is 0 Å². The number of hydrogen-bond donors (Lipinski definition) is 4. The number of nitrogens with two attached hydrogens (primary N) is 1. The number of para-hydroxylation sites is 2. The molecule has 2 aliphatic rings. The van der Waals surface area contributed by atoms with Gasteiger partial charge in [-0.1, -0.05) is 24.3 Å². The Labute approximate surface area is 343 Å². The smallest absolute Gasteiger partial charge is 0.227 e. The summed E-state index contributed by atoms with van der Waals surface area (Å²) in [5.74, 6) is 0.583. The molecule has 2 aliphatic heterocycles. The van der Waals surface area contributed by atoms with Gasteiger partial charge in [-0.2, -0.15) is 0 Å². The molecule has 0 amide bonds. The fourth-order valence-electron chi connectivity index (χ4n) is 6.39. The molecule has 0 unspecified atom stereocenters. The Kier molecular flexibility index (Phi) is 14.8. The molecule has 5 N–H and O–H groups in total. The van der Waals surface area contributed by atoms with Crippen LogP contribution < -0.4 is 20.9 Å². The van der Waals surface area contributed by atoms with Gasteiger partial charge < -0.3 is 31.1 Å². The summed E-state index contributed by atoms with van der Waals surface area (Å²) in [6.07, 6.45) is 3.53. The average molecular weight is 893 g/mol. The summed E-state index contributed by atoms with van der Waals surface area (Å²) in [5.41, 5.74) is 11.6. The first-order valence-electron chi connectivity index (χ1n) is 18.2. The molecule has 2 fully saturated rings. The van der Waals surface area contributed by atoms with Crippen LogP contribution >= 0.6 is 43.5 Å². The van der Waals surface area contributed by atoms with Gasteiger partial charge in [-0.25, -0.2) is 19.9 Å². The van der Waals surface area contributed by atoms with Crippen molar-refractivity contribution in [1.29, 1.82) is 0 Å². The first-order chi connectivity index (χ1) is 26.8. The Hall–Kier alpha value is -4.15. The summed E-state index contributed by atoms with van der Waals surface area (Å²) >= 11 is 12.6. The van der Waals surface area contributed by atoms with Crippen molar-refractivity contribution < 1.29 is 10.2 Å². The van der Waals surface area contributed by atoms with E-state index in [1.54, 1.807) is 6.20 Å². The Morgan fingerprint density at radius 3 is 1.60 bits per heavy atom. The monoisotopic (exact) mass is 890 g/mol. The molecule has 4 heterocycles. The molecule has 2 saturated heterocycles. The van der Waals surface area contributed by atoms with E-state index in [0.29, 0.717) is 5.95 Å². The van der Waals surface area contributed by atoms with Gasteiger partial charge in [0.05, 0.1) is 24.2 Å². The highest BCUT2D eigenvalue weighted by molar-refractivity contribution is 9.11. The Morgan fingerprint density at radius 1 is 0.618 bits per heavy atom. The molecule has 0 saturated carbocycles. The summed E-state index contributed by atoms with van der Waals surface area (Å²) < 4.78 is 1.89. The van der Waals surface area contributed by atoms with Crippen LogP contribution in [0.15, 0.2) is 106 Å². The number of anilines is 5. The SMILES string of the molecule is Clc1ncc2cccc(Br)c2n1.Nc1ccc(N2CCN(CCO)CC2)cc1.OCCN1CCN(c2ccc(Nc3ncc4cccc(Br)c4n3)cc2)CC1. The molecule has 55 heavy (non-hydrogen) atoms. The van der Waals surface area contributed by atoms with Crippen molar-refractivity contribution in [3.63, 3.8) is 0 Å². The molecule has 288 valence electrons. The van der Waals surface area contributed by atoms with Crippen molar-refractivity contribution in [1.82, 2.24) is 29.7 Å². The predicted octanol–water partition coefficient (Wildman–Crippen LogP) is 6.68. The van der Waals surface area contributed by atoms with Crippen LogP contribution in [-0.4, -0.2) is 119 Å². The summed E-state index contributed by atoms with van der Waals surface area (Å²) in [7, 11) is 0. The maximum absolute atomic E-state index is 9.05. The van der Waals surface area contributed by atoms with E-state index in [-0.39, 0.29) is 18.5 Å². The van der Waals surface area contributed by atoms with Crippen molar-refractivity contribution in [3.05, 3.63) is 112 Å². The molecular weight excluding hydrogens is 848 g/mol. The van der Waals surface area contributed by atoms with Crippen LogP contribution in [0.5, 0.6) is 0 Å². The Bertz CT molecular complexity index is 2120. The van der Waals surface area contributed by atoms with Gasteiger partial charge in [0.15, 0.2) is 0 Å². The number of fused-ring (bicyclic) bond motifs is 2. The van der Waals surface area contributed by atoms with E-state index in [0.717, 1.165) is 108 Å². The molecule has 0 aliphatic carbocycles. The van der Waals surface area contributed by atoms with E-state index in [1.807, 2.05) is 54.7 Å². The summed E-state index contributed by atoms with van der Waals surface area (Å²) in [6, 6.07) is 28.1. The van der Waals surface area contributed by atoms with Crippen LogP contribution in [0.4, 0.5) is 28.7 Å². The minimum Gasteiger partial charge on any atom is -0.399 e. The third kappa shape index (κ3) is 11.4. The number of β-amino-alcohol motifs (C(OH)–C–C–N with tert-alkyl or cyclic N) is 2. The first kappa shape index (κ1) is 40.5. The van der Waals surface area contributed by atoms with Gasteiger partial charge in [0.1, 0.15) is 0 Å². The molecule has 0 spiro atoms. The fourth-order valence-corrected chi connectivity index (χ4v) is 7.46. The number of nitrogens with zero attached hydrogens (tertiary/aromatic N) is 8. The maximum Gasteiger partial charge on any atom is 0.227 e. The number of aliphatic hydroxyl groups excluding tert-OH is 2. The van der Waals surface area contributed by atoms with Gasteiger partial charge in [-0.05, 0) is 104 Å². The van der Waals surface area contributed by atoms with Crippen molar-refractivity contribution in [3.8, 4) is 0 Å². The number of nitrogens with one attached hydrogen (secondary N) is 1. The molecule has 6 aromatic rings. The molecule has 2 aromatic heterocycles. The third-order valence-electron chi connectivity index (χ3n) is 9.42. The van der Waals surface area contributed by atoms with Gasteiger partial charge in [0, 0.05) is 120 Å². The normalized spacial score (nSPS) is 14.9. The van der Waals surface area contributed by atoms with Crippen molar-refractivity contribution in [2.24, 2.45) is 0 Å². The molecule has 8 rings (SSSR count). The van der Waals surface area contributed by atoms with Crippen molar-refractivity contribution in [2.45, 2.75) is 0 Å². The number of halogens is 3. The Balaban J connectivity index is 0.000000155. The van der Waals surface area contributed by atoms with E-state index in [2.05, 4.69) is 113 Å². The van der Waals surface area contributed by atoms with Crippen LogP contribution in [0, 0.1) is 0 Å². The van der Waals surface area contributed by atoms with Crippen molar-refractivity contribution >= 4 is 94.0 Å². The lowest BCUT2D eigenvalue weighted by Crippen LogP contribution is -2.47. The van der Waals surface area contributed by atoms with Crippen LogP contribution in [0.25, 0.3) is 21.8 Å². The predicted molar refractivity (Wildman–Crippen MR) is 232 cm³/mol. The summed E-state index contributed by atoms with van der Waals surface area (Å²) in [5, 5.41) is 23.5. The fraction of sp³-hybridized carbons (Fsp3) is 0.300. The van der Waals surface area contributed by atoms with Crippen LogP contribution in [0.2, 0.25) is 5.28 Å². The van der Waals surface area contributed by atoms with Gasteiger partial charge in [-0.15, -0.1) is 0 Å². The largest absolute Gasteiger partial charge is 0.399 e. The lowest BCUT2D eigenvalue weighted by atomic mass is 10.2. The highest BCUT2D eigenvalue weighted by Crippen LogP contribution is 2.25. The number of nitrogen functional groups attached to an aromatic ring is 1. The Morgan fingerprint density at radius 2 is 1.09 bits per heavy atom. The highest BCUT2D eigenvalue weighted by Gasteiger charge is 2.17. The van der Waals surface area contributed by atoms with Crippen molar-refractivity contribution in [2.75, 3.05) is 99.5 Å². The number of aliphatic hydroxyl groups is 2. The second kappa shape index (κ2) is 20.1. The number of piperazine rings is 2. The van der Waals surface area contributed by atoms with E-state index in [1.165, 1.54) is 11.4 Å². The number of hydrogen-bond acceptors (Lipinski definition) is 12. The first-order valence-corrected chi connectivity index (χ1v) is 20.1. The van der Waals surface area contributed by atoms with Gasteiger partial charge >= 0.3 is 0 Å². The molecule has 4 aromatic carbocycles. The lowest BCUT2D eigenvalue weighted by molar-refractivity contribution is 0.188. The zero-order valence-electron chi connectivity index (χ0n) is 30.4. The van der Waals surface area contributed by atoms with E-state index >= 15 is 0 Å². The third-order valence-corrected chi connectivity index (χ3v) is 10.9. The average Bonchev–Trinajstić information content (AvgIpc) is 3.21. The zero-order valence-corrected chi connectivity index (χ0v) is 34.3. The van der Waals surface area contributed by atoms with E-state index < -0.39 is 0 Å². The second-order valence-corrected chi connectivity index (χ2v) is 15.1. The van der Waals surface area contributed by atoms with Gasteiger partial charge in [0.25, 0.3) is 0 Å². The van der Waals surface area contributed by atoms with Gasteiger partial charge in [0.2, 0.25) is 11.2 Å². The number of rotatable bonds is 8. The molecule has 15 heteroatoms. The number of aromatic nitrogens is 4. The van der Waals surface area contributed by atoms with Crippen LogP contribution in [0.3, 0.4) is 0 Å². The van der Waals surface area contributed by atoms with E-state index in [9.17, 15) is 0 Å². The summed E-state index contributed by atoms with van der Waals surface area (Å²) in [4.78, 5) is 26.3. The molecule has 0 bridgehead atoms. The van der Waals surface area contributed by atoms with Gasteiger partial charge in [-0.3, -0.25) is 9.80 Å².